The van der Waals surface area contributed by atoms with Crippen molar-refractivity contribution < 1.29 is 24.2 Å². The van der Waals surface area contributed by atoms with Crippen LogP contribution in [0.5, 0.6) is 5.88 Å². The van der Waals surface area contributed by atoms with Crippen LogP contribution in [-0.2, 0) is 9.59 Å². The molecule has 1 saturated heterocycles. The lowest BCUT2D eigenvalue weighted by molar-refractivity contribution is -0.142. The summed E-state index contributed by atoms with van der Waals surface area (Å²) in [6, 6.07) is 2.05. The minimum Gasteiger partial charge on any atom is -0.481 e. The molecule has 2 amide bonds. The third-order valence-electron chi connectivity index (χ3n) is 3.15. The van der Waals surface area contributed by atoms with Gasteiger partial charge in [0.15, 0.2) is 0 Å². The summed E-state index contributed by atoms with van der Waals surface area (Å²) in [5.41, 5.74) is 0.279. The van der Waals surface area contributed by atoms with Crippen LogP contribution in [0.4, 0.5) is 0 Å². The molecule has 0 saturated carbocycles. The molecule has 1 atom stereocenters. The highest BCUT2D eigenvalue weighted by Gasteiger charge is 2.35. The number of piperazine rings is 1. The number of hydrogen-bond acceptors (Lipinski definition) is 5. The lowest BCUT2D eigenvalue weighted by atomic mass is 10.1. The standard InChI is InChI=1S/C13H15N3O5/c1-21-10-3-2-8(7-15-10)13(20)16-5-4-14-12(19)9(16)6-11(17)18/h2-3,7,9H,4-6H2,1H3,(H,14,19)(H,17,18). The summed E-state index contributed by atoms with van der Waals surface area (Å²) >= 11 is 0. The highest BCUT2D eigenvalue weighted by molar-refractivity contribution is 5.99. The van der Waals surface area contributed by atoms with E-state index < -0.39 is 30.2 Å². The van der Waals surface area contributed by atoms with E-state index in [1.165, 1.54) is 30.3 Å². The third-order valence-corrected chi connectivity index (χ3v) is 3.15. The number of amides is 2. The Labute approximate surface area is 120 Å². The number of aliphatic carboxylic acids is 1. The Bertz CT molecular complexity index is 557. The fourth-order valence-electron chi connectivity index (χ4n) is 2.12. The predicted octanol–water partition coefficient (Wildman–Crippen LogP) is -0.494. The number of nitrogens with one attached hydrogen (secondary N) is 1. The van der Waals surface area contributed by atoms with E-state index in [9.17, 15) is 14.4 Å². The first-order chi connectivity index (χ1) is 10.0. The molecule has 8 nitrogen and oxygen atoms in total. The van der Waals surface area contributed by atoms with Crippen molar-refractivity contribution >= 4 is 17.8 Å². The van der Waals surface area contributed by atoms with E-state index in [1.807, 2.05) is 0 Å². The maximum atomic E-state index is 12.4. The first-order valence-electron chi connectivity index (χ1n) is 6.33. The van der Waals surface area contributed by atoms with Crippen LogP contribution in [0.3, 0.4) is 0 Å². The molecule has 0 aliphatic carbocycles. The summed E-state index contributed by atoms with van der Waals surface area (Å²) in [5.74, 6) is -1.66. The van der Waals surface area contributed by atoms with E-state index >= 15 is 0 Å². The number of carboxylic acids is 1. The van der Waals surface area contributed by atoms with Crippen LogP contribution in [0.15, 0.2) is 18.3 Å². The van der Waals surface area contributed by atoms with Crippen molar-refractivity contribution in [2.45, 2.75) is 12.5 Å². The van der Waals surface area contributed by atoms with Crippen molar-refractivity contribution in [1.82, 2.24) is 15.2 Å². The van der Waals surface area contributed by atoms with Crippen molar-refractivity contribution in [3.63, 3.8) is 0 Å². The summed E-state index contributed by atoms with van der Waals surface area (Å²) in [6.07, 6.45) is 0.909. The van der Waals surface area contributed by atoms with Crippen LogP contribution in [0.1, 0.15) is 16.8 Å². The number of hydrogen-bond donors (Lipinski definition) is 2. The van der Waals surface area contributed by atoms with Gasteiger partial charge < -0.3 is 20.1 Å². The molecule has 0 bridgehead atoms. The summed E-state index contributed by atoms with van der Waals surface area (Å²) in [4.78, 5) is 40.2. The monoisotopic (exact) mass is 293 g/mol. The summed E-state index contributed by atoms with van der Waals surface area (Å²) in [5, 5.41) is 11.4. The molecule has 2 heterocycles. The van der Waals surface area contributed by atoms with E-state index in [2.05, 4.69) is 10.3 Å². The van der Waals surface area contributed by atoms with Crippen LogP contribution < -0.4 is 10.1 Å². The highest BCUT2D eigenvalue weighted by Crippen LogP contribution is 2.15. The number of aromatic nitrogens is 1. The molecule has 1 aromatic rings. The maximum Gasteiger partial charge on any atom is 0.305 e. The van der Waals surface area contributed by atoms with Crippen LogP contribution in [0.2, 0.25) is 0 Å². The van der Waals surface area contributed by atoms with E-state index in [1.54, 1.807) is 0 Å². The van der Waals surface area contributed by atoms with Crippen molar-refractivity contribution in [2.24, 2.45) is 0 Å². The zero-order valence-electron chi connectivity index (χ0n) is 11.4. The number of pyridine rings is 1. The molecule has 0 spiro atoms. The third kappa shape index (κ3) is 3.28. The average Bonchev–Trinajstić information content (AvgIpc) is 2.48. The van der Waals surface area contributed by atoms with Crippen molar-refractivity contribution in [2.75, 3.05) is 20.2 Å². The number of methoxy groups -OCH3 is 1. The van der Waals surface area contributed by atoms with Crippen LogP contribution >= 0.6 is 0 Å². The molecule has 0 aromatic carbocycles. The van der Waals surface area contributed by atoms with Gasteiger partial charge in [-0.05, 0) is 6.07 Å². The van der Waals surface area contributed by atoms with Gasteiger partial charge in [0.05, 0.1) is 19.1 Å². The Hall–Kier alpha value is -2.64. The van der Waals surface area contributed by atoms with Crippen LogP contribution in [0, 0.1) is 0 Å². The van der Waals surface area contributed by atoms with E-state index in [0.29, 0.717) is 12.4 Å². The molecule has 1 aliphatic heterocycles. The number of nitrogens with zero attached hydrogens (tertiary/aromatic N) is 2. The SMILES string of the molecule is COc1ccc(C(=O)N2CCNC(=O)C2CC(=O)O)cn1. The molecule has 0 radical (unpaired) electrons. The average molecular weight is 293 g/mol. The van der Waals surface area contributed by atoms with Gasteiger partial charge in [-0.1, -0.05) is 0 Å². The Morgan fingerprint density at radius 2 is 2.29 bits per heavy atom. The largest absolute Gasteiger partial charge is 0.481 e. The number of carbonyl (C=O) groups is 3. The second-order valence-electron chi connectivity index (χ2n) is 4.49. The molecule has 2 N–H and O–H groups in total. The highest BCUT2D eigenvalue weighted by atomic mass is 16.5. The first kappa shape index (κ1) is 14.8. The first-order valence-corrected chi connectivity index (χ1v) is 6.33. The molecule has 2 rings (SSSR count). The van der Waals surface area contributed by atoms with Gasteiger partial charge in [0, 0.05) is 25.4 Å². The quantitative estimate of drug-likeness (QED) is 0.775. The zero-order chi connectivity index (χ0) is 15.4. The van der Waals surface area contributed by atoms with Gasteiger partial charge in [0.25, 0.3) is 5.91 Å². The van der Waals surface area contributed by atoms with Crippen molar-refractivity contribution in [3.05, 3.63) is 23.9 Å². The second-order valence-corrected chi connectivity index (χ2v) is 4.49. The van der Waals surface area contributed by atoms with Gasteiger partial charge in [0.1, 0.15) is 6.04 Å². The van der Waals surface area contributed by atoms with E-state index in [0.717, 1.165) is 0 Å². The molecule has 1 unspecified atom stereocenters. The number of carbonyl (C=O) groups excluding carboxylic acids is 2. The van der Waals surface area contributed by atoms with Crippen LogP contribution in [0.25, 0.3) is 0 Å². The minimum absolute atomic E-state index is 0.258. The number of rotatable bonds is 4. The molecular weight excluding hydrogens is 278 g/mol. The Kier molecular flexibility index (Phi) is 4.36. The molecular formula is C13H15N3O5. The van der Waals surface area contributed by atoms with Gasteiger partial charge in [-0.15, -0.1) is 0 Å². The Balaban J connectivity index is 2.21. The number of ether oxygens (including phenoxy) is 1. The lowest BCUT2D eigenvalue weighted by Gasteiger charge is -2.34. The van der Waals surface area contributed by atoms with Gasteiger partial charge >= 0.3 is 5.97 Å². The summed E-state index contributed by atoms with van der Waals surface area (Å²) in [6.45, 7) is 0.554. The van der Waals surface area contributed by atoms with E-state index in [4.69, 9.17) is 9.84 Å². The molecule has 1 fully saturated rings. The normalized spacial score (nSPS) is 18.0. The molecule has 8 heteroatoms. The van der Waals surface area contributed by atoms with Gasteiger partial charge in [-0.3, -0.25) is 14.4 Å². The summed E-state index contributed by atoms with van der Waals surface area (Å²) in [7, 11) is 1.46. The maximum absolute atomic E-state index is 12.4. The van der Waals surface area contributed by atoms with Gasteiger partial charge in [-0.2, -0.15) is 0 Å². The Morgan fingerprint density at radius 3 is 2.86 bits per heavy atom. The van der Waals surface area contributed by atoms with Gasteiger partial charge in [-0.25, -0.2) is 4.98 Å². The second kappa shape index (κ2) is 6.21. The predicted molar refractivity (Wildman–Crippen MR) is 70.9 cm³/mol. The lowest BCUT2D eigenvalue weighted by Crippen LogP contribution is -2.57. The topological polar surface area (TPSA) is 109 Å². The Morgan fingerprint density at radius 1 is 1.52 bits per heavy atom. The molecule has 1 aromatic heterocycles. The summed E-state index contributed by atoms with van der Waals surface area (Å²) < 4.78 is 4.91. The fourth-order valence-corrected chi connectivity index (χ4v) is 2.12. The fraction of sp³-hybridized carbons (Fsp3) is 0.385. The van der Waals surface area contributed by atoms with Crippen molar-refractivity contribution in [1.29, 1.82) is 0 Å². The smallest absolute Gasteiger partial charge is 0.305 e. The molecule has 112 valence electrons. The molecule has 21 heavy (non-hydrogen) atoms. The number of carboxylic acid groups (broad SMARTS) is 1. The van der Waals surface area contributed by atoms with Gasteiger partial charge in [0.2, 0.25) is 11.8 Å². The van der Waals surface area contributed by atoms with E-state index in [-0.39, 0.29) is 12.1 Å². The molecule has 1 aliphatic rings. The van der Waals surface area contributed by atoms with Crippen LogP contribution in [-0.4, -0.2) is 59.0 Å². The zero-order valence-corrected chi connectivity index (χ0v) is 11.4. The minimum atomic E-state index is -1.14. The van der Waals surface area contributed by atoms with Crippen molar-refractivity contribution in [3.8, 4) is 5.88 Å².